The summed E-state index contributed by atoms with van der Waals surface area (Å²) >= 11 is 0. The SMILES string of the molecule is CC[C@]12C=CCN3CC[C@@]4(C5=CC([C@@]6(C(=O)OC)C[C@H]7CC(C(C)(F)F)CN(CCc8c6[nH]c6ccc(NS(C)(=O)=O)cc86)C7)C(OC)C=C5N(C)[C@H]4[C@@](O)(C(=O)O)[C@@H]1OC(C)=O)[C@@H]32. The number of aromatic nitrogens is 1. The number of anilines is 1. The first kappa shape index (κ1) is 44.8. The molecule has 0 amide bonds. The number of H-pyrrole nitrogens is 1. The van der Waals surface area contributed by atoms with Gasteiger partial charge in [-0.1, -0.05) is 25.2 Å². The van der Waals surface area contributed by atoms with Crippen molar-refractivity contribution in [1.29, 1.82) is 0 Å². The number of esters is 2. The highest BCUT2D eigenvalue weighted by Crippen LogP contribution is 2.70. The summed E-state index contributed by atoms with van der Waals surface area (Å²) in [5.41, 5.74) is -2.98. The van der Waals surface area contributed by atoms with Crippen molar-refractivity contribution < 1.29 is 56.0 Å². The molecule has 5 aliphatic heterocycles. The molecule has 4 fully saturated rings. The van der Waals surface area contributed by atoms with Gasteiger partial charge in [-0.3, -0.25) is 19.2 Å². The predicted octanol–water partition coefficient (Wildman–Crippen LogP) is 4.05. The van der Waals surface area contributed by atoms with E-state index in [4.69, 9.17) is 14.2 Å². The molecule has 2 aliphatic carbocycles. The minimum Gasteiger partial charge on any atom is -0.479 e. The van der Waals surface area contributed by atoms with Crippen LogP contribution >= 0.6 is 0 Å². The Morgan fingerprint density at radius 3 is 2.50 bits per heavy atom. The van der Waals surface area contributed by atoms with E-state index in [0.29, 0.717) is 79.0 Å². The fraction of sp³-hybridized carbons (Fsp3) is 0.630. The number of aliphatic hydroxyl groups is 1. The van der Waals surface area contributed by atoms with Crippen molar-refractivity contribution >= 4 is 44.5 Å². The zero-order valence-corrected chi connectivity index (χ0v) is 38.1. The van der Waals surface area contributed by atoms with E-state index in [1.807, 2.05) is 36.1 Å². The molecule has 1 aromatic heterocycles. The van der Waals surface area contributed by atoms with Gasteiger partial charge in [0, 0.05) is 104 Å². The van der Waals surface area contributed by atoms with Crippen LogP contribution in [0, 0.1) is 28.6 Å². The first-order chi connectivity index (χ1) is 30.1. The maximum absolute atomic E-state index is 15.4. The Labute approximate surface area is 371 Å². The number of hydrogen-bond acceptors (Lipinski definition) is 12. The van der Waals surface area contributed by atoms with E-state index in [9.17, 15) is 28.2 Å². The second-order valence-corrected chi connectivity index (χ2v) is 21.3. The number of carbonyl (C=O) groups is 3. The van der Waals surface area contributed by atoms with Gasteiger partial charge in [0.25, 0.3) is 0 Å². The number of benzene rings is 1. The van der Waals surface area contributed by atoms with Gasteiger partial charge < -0.3 is 39.2 Å². The Morgan fingerprint density at radius 2 is 1.86 bits per heavy atom. The van der Waals surface area contributed by atoms with Crippen LogP contribution in [0.5, 0.6) is 0 Å². The summed E-state index contributed by atoms with van der Waals surface area (Å²) in [6.45, 7) is 6.14. The smallest absolute Gasteiger partial charge is 0.341 e. The number of piperidine rings is 1. The van der Waals surface area contributed by atoms with Gasteiger partial charge in [-0.05, 0) is 86.9 Å². The number of alkyl halides is 2. The third-order valence-corrected chi connectivity index (χ3v) is 16.8. The quantitative estimate of drug-likeness (QED) is 0.209. The highest BCUT2D eigenvalue weighted by atomic mass is 32.2. The number of rotatable bonds is 9. The van der Waals surface area contributed by atoms with Crippen LogP contribution in [0.25, 0.3) is 10.9 Å². The van der Waals surface area contributed by atoms with Crippen molar-refractivity contribution in [3.8, 4) is 0 Å². The minimum atomic E-state index is -3.67. The number of likely N-dealkylation sites (N-methyl/N-ethyl adjacent to an activating group) is 1. The lowest BCUT2D eigenvalue weighted by Gasteiger charge is -2.63. The molecule has 64 heavy (non-hydrogen) atoms. The van der Waals surface area contributed by atoms with Crippen molar-refractivity contribution in [3.05, 3.63) is 65.0 Å². The Kier molecular flexibility index (Phi) is 10.6. The number of carboxylic acids is 1. The van der Waals surface area contributed by atoms with E-state index in [1.54, 1.807) is 30.1 Å². The summed E-state index contributed by atoms with van der Waals surface area (Å²) in [6, 6.07) is 3.51. The van der Waals surface area contributed by atoms with E-state index in [1.165, 1.54) is 21.1 Å². The number of ether oxygens (including phenoxy) is 3. The van der Waals surface area contributed by atoms with Crippen molar-refractivity contribution in [2.75, 3.05) is 65.0 Å². The Balaban J connectivity index is 1.33. The molecule has 15 nitrogen and oxygen atoms in total. The average Bonchev–Trinajstić information content (AvgIpc) is 3.89. The van der Waals surface area contributed by atoms with Crippen LogP contribution in [0.15, 0.2) is 53.8 Å². The third kappa shape index (κ3) is 6.28. The van der Waals surface area contributed by atoms with Crippen molar-refractivity contribution in [2.45, 2.75) is 94.1 Å². The molecule has 12 atom stereocenters. The van der Waals surface area contributed by atoms with Crippen molar-refractivity contribution in [2.24, 2.45) is 28.6 Å². The number of allylic oxidation sites excluding steroid dienone is 1. The van der Waals surface area contributed by atoms with Gasteiger partial charge in [0.1, 0.15) is 5.41 Å². The Bertz CT molecular complexity index is 2500. The molecule has 18 heteroatoms. The third-order valence-electron chi connectivity index (χ3n) is 16.2. The van der Waals surface area contributed by atoms with Crippen LogP contribution in [0.3, 0.4) is 0 Å². The second kappa shape index (κ2) is 15.1. The van der Waals surface area contributed by atoms with Gasteiger partial charge >= 0.3 is 17.9 Å². The van der Waals surface area contributed by atoms with Gasteiger partial charge in [-0.25, -0.2) is 22.0 Å². The fourth-order valence-electron chi connectivity index (χ4n) is 14.0. The lowest BCUT2D eigenvalue weighted by atomic mass is 9.47. The summed E-state index contributed by atoms with van der Waals surface area (Å²) in [4.78, 5) is 51.9. The zero-order valence-electron chi connectivity index (χ0n) is 37.3. The fourth-order valence-corrected chi connectivity index (χ4v) is 14.6. The molecule has 9 rings (SSSR count). The van der Waals surface area contributed by atoms with Crippen LogP contribution in [0.1, 0.15) is 57.7 Å². The molecular weight excluding hydrogens is 853 g/mol. The van der Waals surface area contributed by atoms with Gasteiger partial charge in [0.2, 0.25) is 21.5 Å². The summed E-state index contributed by atoms with van der Waals surface area (Å²) in [6.07, 6.45) is 7.79. The van der Waals surface area contributed by atoms with Crippen molar-refractivity contribution in [1.82, 2.24) is 19.7 Å². The summed E-state index contributed by atoms with van der Waals surface area (Å²) in [5.74, 6) is -8.17. The Hall–Kier alpha value is -4.36. The van der Waals surface area contributed by atoms with Gasteiger partial charge in [-0.15, -0.1) is 0 Å². The normalized spacial score (nSPS) is 38.1. The number of sulfonamides is 1. The number of nitrogens with zero attached hydrogens (tertiary/aromatic N) is 3. The molecule has 2 aromatic rings. The van der Waals surface area contributed by atoms with Crippen LogP contribution in [-0.2, 0) is 50.5 Å². The molecule has 1 aromatic carbocycles. The average molecular weight is 912 g/mol. The largest absolute Gasteiger partial charge is 0.479 e. The van der Waals surface area contributed by atoms with Gasteiger partial charge in [0.05, 0.1) is 25.5 Å². The number of likely N-dealkylation sites (tertiary alicyclic amines) is 1. The van der Waals surface area contributed by atoms with Crippen molar-refractivity contribution in [3.63, 3.8) is 0 Å². The maximum atomic E-state index is 15.4. The highest BCUT2D eigenvalue weighted by Gasteiger charge is 2.81. The molecule has 4 unspecified atom stereocenters. The monoisotopic (exact) mass is 911 g/mol. The number of carboxylic acid groups (broad SMARTS) is 1. The van der Waals surface area contributed by atoms with E-state index >= 15 is 13.6 Å². The first-order valence-corrected chi connectivity index (χ1v) is 24.1. The van der Waals surface area contributed by atoms with E-state index in [-0.39, 0.29) is 19.4 Å². The molecule has 0 radical (unpaired) electrons. The first-order valence-electron chi connectivity index (χ1n) is 22.2. The lowest BCUT2D eigenvalue weighted by Crippen LogP contribution is -2.79. The van der Waals surface area contributed by atoms with Crippen LogP contribution < -0.4 is 4.72 Å². The Morgan fingerprint density at radius 1 is 1.11 bits per heavy atom. The van der Waals surface area contributed by atoms with Crippen LogP contribution in [0.2, 0.25) is 0 Å². The summed E-state index contributed by atoms with van der Waals surface area (Å²) in [7, 11) is 0.898. The molecular formula is C46H59F2N5O10S. The molecule has 348 valence electrons. The lowest BCUT2D eigenvalue weighted by molar-refractivity contribution is -0.241. The molecule has 3 saturated heterocycles. The molecule has 1 spiro atoms. The standard InChI is InChI=1S/C46H59F2N5O10S/c1-8-43-13-9-15-53-17-14-44(37(43)53)31-20-32(35(61-5)21-34(31)51(4)38(44)46(58,40(55)56)39(43)63-25(2)54)45(41(57)62-6)22-26-18-27(42(3,47)48)24-52(23-26)16-12-29-30-19-28(50-64(7,59)60)10-11-33(30)49-36(29)45/h9-11,13,19-21,26-27,32,35,37-39,49-50,58H,8,12,14-18,22-24H2,1-7H3,(H,55,56)/t26-,27?,32?,35?,37+,38-,39-,43-,44-,45+,46+/m1/s1. The number of nitrogens with one attached hydrogen (secondary N) is 2. The molecule has 4 N–H and O–H groups in total. The highest BCUT2D eigenvalue weighted by molar-refractivity contribution is 7.92. The number of methoxy groups -OCH3 is 2. The number of fused-ring (bicyclic) bond motifs is 6. The van der Waals surface area contributed by atoms with Crippen LogP contribution in [-0.4, -0.2) is 152 Å². The van der Waals surface area contributed by atoms with Gasteiger partial charge in [-0.2, -0.15) is 0 Å². The number of aliphatic carboxylic acids is 1. The molecule has 7 aliphatic rings. The maximum Gasteiger partial charge on any atom is 0.341 e. The predicted molar refractivity (Wildman–Crippen MR) is 232 cm³/mol. The number of hydrogen-bond donors (Lipinski definition) is 4. The topological polar surface area (TPSA) is 191 Å². The molecule has 6 heterocycles. The zero-order chi connectivity index (χ0) is 46.1. The number of aromatic amines is 1. The second-order valence-electron chi connectivity index (χ2n) is 19.6. The minimum absolute atomic E-state index is 0.0749. The van der Waals surface area contributed by atoms with E-state index < -0.39 is 97.7 Å². The molecule has 1 saturated carbocycles. The van der Waals surface area contributed by atoms with Crippen LogP contribution in [0.4, 0.5) is 14.5 Å². The molecule has 2 bridgehead atoms. The van der Waals surface area contributed by atoms with E-state index in [2.05, 4.69) is 14.6 Å². The van der Waals surface area contributed by atoms with Gasteiger partial charge in [0.15, 0.2) is 6.10 Å². The summed E-state index contributed by atoms with van der Waals surface area (Å²) in [5, 5.41) is 25.0. The number of carbonyl (C=O) groups excluding carboxylic acids is 2. The number of halogens is 2. The summed E-state index contributed by atoms with van der Waals surface area (Å²) < 4.78 is 76.6. The van der Waals surface area contributed by atoms with E-state index in [0.717, 1.165) is 18.8 Å².